The van der Waals surface area contributed by atoms with E-state index in [-0.39, 0.29) is 6.04 Å². The van der Waals surface area contributed by atoms with E-state index in [0.29, 0.717) is 38.9 Å². The summed E-state index contributed by atoms with van der Waals surface area (Å²) in [6, 6.07) is 40.1. The first-order valence-corrected chi connectivity index (χ1v) is 14.2. The van der Waals surface area contributed by atoms with Gasteiger partial charge < -0.3 is 18.9 Å². The van der Waals surface area contributed by atoms with E-state index >= 15 is 0 Å². The Morgan fingerprint density at radius 1 is 0.524 bits per heavy atom. The van der Waals surface area contributed by atoms with Crippen molar-refractivity contribution in [3.8, 4) is 0 Å². The quantitative estimate of drug-likeness (QED) is 0.177. The fraction of sp³-hybridized carbons (Fsp3) is 0.265. The molecule has 0 aliphatic carbocycles. The van der Waals surface area contributed by atoms with Crippen LogP contribution in [-0.4, -0.2) is 39.0 Å². The second-order valence-electron chi connectivity index (χ2n) is 10.3. The van der Waals surface area contributed by atoms with Gasteiger partial charge in [-0.3, -0.25) is 0 Å². The highest BCUT2D eigenvalue weighted by Crippen LogP contribution is 2.38. The van der Waals surface area contributed by atoms with Crippen molar-refractivity contribution in [3.63, 3.8) is 0 Å². The van der Waals surface area contributed by atoms with E-state index < -0.39 is 18.3 Å². The molecule has 4 atom stereocenters. The minimum absolute atomic E-state index is 0.334. The fourth-order valence-corrected chi connectivity index (χ4v) is 5.19. The summed E-state index contributed by atoms with van der Waals surface area (Å²) >= 11 is 0. The summed E-state index contributed by atoms with van der Waals surface area (Å²) in [6.45, 7) is 1.96. The van der Waals surface area contributed by atoms with Crippen molar-refractivity contribution in [1.82, 2.24) is 20.2 Å². The van der Waals surface area contributed by atoms with Crippen LogP contribution in [0.5, 0.6) is 0 Å². The molecule has 0 amide bonds. The van der Waals surface area contributed by atoms with Crippen LogP contribution < -0.4 is 0 Å². The molecule has 0 radical (unpaired) electrons. The van der Waals surface area contributed by atoms with Gasteiger partial charge in [0.05, 0.1) is 33.0 Å². The first kappa shape index (κ1) is 27.9. The van der Waals surface area contributed by atoms with E-state index in [2.05, 4.69) is 27.7 Å². The van der Waals surface area contributed by atoms with E-state index in [4.69, 9.17) is 18.9 Å². The minimum Gasteiger partial charge on any atom is -0.374 e. The topological polar surface area (TPSA) is 80.5 Å². The van der Waals surface area contributed by atoms with Crippen LogP contribution in [0.3, 0.4) is 0 Å². The third kappa shape index (κ3) is 6.98. The molecule has 0 saturated heterocycles. The van der Waals surface area contributed by atoms with Gasteiger partial charge in [-0.15, -0.1) is 5.10 Å². The lowest BCUT2D eigenvalue weighted by Crippen LogP contribution is -2.50. The molecule has 1 aliphatic rings. The lowest BCUT2D eigenvalue weighted by atomic mass is 9.95. The molecule has 8 heteroatoms. The molecule has 214 valence electrons. The Balaban J connectivity index is 1.30. The number of aromatic nitrogens is 4. The number of fused-ring (bicyclic) bond motifs is 1. The third-order valence-electron chi connectivity index (χ3n) is 7.33. The first-order valence-electron chi connectivity index (χ1n) is 14.2. The summed E-state index contributed by atoms with van der Waals surface area (Å²) in [5, 5.41) is 12.8. The summed E-state index contributed by atoms with van der Waals surface area (Å²) in [7, 11) is 0. The average molecular weight is 563 g/mol. The van der Waals surface area contributed by atoms with Gasteiger partial charge in [-0.25, -0.2) is 4.68 Å². The Morgan fingerprint density at radius 2 is 0.976 bits per heavy atom. The monoisotopic (exact) mass is 562 g/mol. The zero-order chi connectivity index (χ0) is 28.4. The maximum absolute atomic E-state index is 6.69. The van der Waals surface area contributed by atoms with E-state index in [1.165, 1.54) is 0 Å². The molecular weight excluding hydrogens is 528 g/mol. The molecular formula is C34H34N4O4. The molecule has 0 unspecified atom stereocenters. The molecule has 0 spiro atoms. The van der Waals surface area contributed by atoms with Gasteiger partial charge in [0.25, 0.3) is 0 Å². The summed E-state index contributed by atoms with van der Waals surface area (Å²) in [6.07, 6.45) is -1.52. The molecule has 1 aromatic heterocycles. The predicted octanol–water partition coefficient (Wildman–Crippen LogP) is 5.87. The van der Waals surface area contributed by atoms with Crippen molar-refractivity contribution in [1.29, 1.82) is 0 Å². The molecule has 2 heterocycles. The number of nitrogens with zero attached hydrogens (tertiary/aromatic N) is 4. The Hall–Kier alpha value is -4.21. The SMILES string of the molecule is c1ccc(COC[C@@H]2[C@@H](OCc3ccccc3)[C@H](OCc3ccccc3)[C@H](OCc3ccccc3)c3nnnn32)cc1. The van der Waals surface area contributed by atoms with Crippen LogP contribution in [0.4, 0.5) is 0 Å². The van der Waals surface area contributed by atoms with Crippen molar-refractivity contribution >= 4 is 0 Å². The molecule has 6 rings (SSSR count). The molecule has 4 aromatic carbocycles. The van der Waals surface area contributed by atoms with Crippen LogP contribution in [0.15, 0.2) is 121 Å². The summed E-state index contributed by atoms with van der Waals surface area (Å²) in [4.78, 5) is 0. The van der Waals surface area contributed by atoms with Crippen LogP contribution in [0.2, 0.25) is 0 Å². The van der Waals surface area contributed by atoms with Gasteiger partial charge in [0, 0.05) is 0 Å². The molecule has 0 saturated carbocycles. The fourth-order valence-electron chi connectivity index (χ4n) is 5.19. The minimum atomic E-state index is -0.560. The van der Waals surface area contributed by atoms with E-state index in [9.17, 15) is 0 Å². The lowest BCUT2D eigenvalue weighted by Gasteiger charge is -2.41. The molecule has 1 aliphatic heterocycles. The number of benzene rings is 4. The Morgan fingerprint density at radius 3 is 1.50 bits per heavy atom. The van der Waals surface area contributed by atoms with Gasteiger partial charge >= 0.3 is 0 Å². The van der Waals surface area contributed by atoms with E-state index in [0.717, 1.165) is 22.3 Å². The second kappa shape index (κ2) is 14.1. The normalized spacial score (nSPS) is 19.8. The predicted molar refractivity (Wildman–Crippen MR) is 157 cm³/mol. The van der Waals surface area contributed by atoms with Crippen LogP contribution in [-0.2, 0) is 45.4 Å². The van der Waals surface area contributed by atoms with Crippen molar-refractivity contribution in [2.24, 2.45) is 0 Å². The molecule has 42 heavy (non-hydrogen) atoms. The standard InChI is InChI=1S/C34H34N4O4/c1-5-13-26(14-6-1)21-39-25-30-31(40-22-27-15-7-2-8-16-27)32(41-23-28-17-9-3-10-18-28)33(34-35-36-37-38(30)34)42-24-29-19-11-4-12-20-29/h1-20,30-33H,21-25H2/t30-,31-,32+,33+/m1/s1. The molecule has 0 bridgehead atoms. The Kier molecular flexibility index (Phi) is 9.39. The van der Waals surface area contributed by atoms with Crippen molar-refractivity contribution in [3.05, 3.63) is 149 Å². The van der Waals surface area contributed by atoms with Crippen molar-refractivity contribution in [2.45, 2.75) is 50.8 Å². The number of rotatable bonds is 13. The Bertz CT molecular complexity index is 1490. The molecule has 0 fully saturated rings. The lowest BCUT2D eigenvalue weighted by molar-refractivity contribution is -0.190. The maximum Gasteiger partial charge on any atom is 0.183 e. The number of hydrogen-bond acceptors (Lipinski definition) is 7. The summed E-state index contributed by atoms with van der Waals surface area (Å²) in [5.74, 6) is 0.594. The molecule has 5 aromatic rings. The Labute approximate surface area is 245 Å². The van der Waals surface area contributed by atoms with E-state index in [1.807, 2.05) is 109 Å². The molecule has 0 N–H and O–H groups in total. The van der Waals surface area contributed by atoms with Gasteiger partial charge in [-0.2, -0.15) is 0 Å². The number of tetrazole rings is 1. The van der Waals surface area contributed by atoms with Crippen molar-refractivity contribution < 1.29 is 18.9 Å². The zero-order valence-electron chi connectivity index (χ0n) is 23.3. The largest absolute Gasteiger partial charge is 0.374 e. The highest BCUT2D eigenvalue weighted by molar-refractivity contribution is 5.17. The van der Waals surface area contributed by atoms with Gasteiger partial charge in [-0.05, 0) is 32.7 Å². The third-order valence-corrected chi connectivity index (χ3v) is 7.33. The van der Waals surface area contributed by atoms with Crippen LogP contribution in [0.25, 0.3) is 0 Å². The summed E-state index contributed by atoms with van der Waals surface area (Å²) < 4.78 is 28.0. The average Bonchev–Trinajstić information content (AvgIpc) is 3.54. The van der Waals surface area contributed by atoms with Gasteiger partial charge in [0.2, 0.25) is 0 Å². The highest BCUT2D eigenvalue weighted by Gasteiger charge is 2.47. The second-order valence-corrected chi connectivity index (χ2v) is 10.3. The highest BCUT2D eigenvalue weighted by atomic mass is 16.6. The van der Waals surface area contributed by atoms with Gasteiger partial charge in [-0.1, -0.05) is 121 Å². The van der Waals surface area contributed by atoms with Crippen LogP contribution in [0, 0.1) is 0 Å². The first-order chi connectivity index (χ1) is 20.8. The van der Waals surface area contributed by atoms with Gasteiger partial charge in [0.1, 0.15) is 24.4 Å². The van der Waals surface area contributed by atoms with Crippen LogP contribution in [0.1, 0.15) is 40.2 Å². The smallest absolute Gasteiger partial charge is 0.183 e. The van der Waals surface area contributed by atoms with E-state index in [1.54, 1.807) is 4.68 Å². The summed E-state index contributed by atoms with van der Waals surface area (Å²) in [5.41, 5.74) is 4.26. The van der Waals surface area contributed by atoms with Crippen LogP contribution >= 0.6 is 0 Å². The number of ether oxygens (including phenoxy) is 4. The zero-order valence-corrected chi connectivity index (χ0v) is 23.3. The maximum atomic E-state index is 6.69. The molecule has 8 nitrogen and oxygen atoms in total. The number of hydrogen-bond donors (Lipinski definition) is 0. The van der Waals surface area contributed by atoms with Crippen molar-refractivity contribution in [2.75, 3.05) is 6.61 Å². The van der Waals surface area contributed by atoms with Gasteiger partial charge in [0.15, 0.2) is 5.82 Å².